The number of aromatic hydroxyl groups is 1. The number of hydrogen-bond donors (Lipinski definition) is 3. The lowest BCUT2D eigenvalue weighted by atomic mass is 10.1. The summed E-state index contributed by atoms with van der Waals surface area (Å²) in [6, 6.07) is 14.6. The molecule has 0 saturated heterocycles. The lowest BCUT2D eigenvalue weighted by molar-refractivity contribution is 0.0950. The Kier molecular flexibility index (Phi) is 5.51. The van der Waals surface area contributed by atoms with Crippen LogP contribution in [0.15, 0.2) is 53.6 Å². The van der Waals surface area contributed by atoms with Crippen molar-refractivity contribution in [3.63, 3.8) is 0 Å². The van der Waals surface area contributed by atoms with Crippen LogP contribution in [0.5, 0.6) is 11.5 Å². The summed E-state index contributed by atoms with van der Waals surface area (Å²) >= 11 is 0. The summed E-state index contributed by atoms with van der Waals surface area (Å²) in [6.07, 6.45) is 1.35. The number of para-hydroxylation sites is 1. The van der Waals surface area contributed by atoms with Crippen molar-refractivity contribution in [3.05, 3.63) is 65.4 Å². The van der Waals surface area contributed by atoms with E-state index in [0.29, 0.717) is 23.6 Å². The van der Waals surface area contributed by atoms with Crippen molar-refractivity contribution < 1.29 is 14.6 Å². The molecule has 0 fully saturated rings. The van der Waals surface area contributed by atoms with Gasteiger partial charge in [0.2, 0.25) is 0 Å². The van der Waals surface area contributed by atoms with Crippen LogP contribution in [0, 0.1) is 6.92 Å². The smallest absolute Gasteiger partial charge is 0.289 e. The largest absolute Gasteiger partial charge is 0.504 e. The molecule has 0 unspecified atom stereocenters. The van der Waals surface area contributed by atoms with Gasteiger partial charge in [-0.25, -0.2) is 5.43 Å². The molecule has 0 radical (unpaired) electrons. The fourth-order valence-corrected chi connectivity index (χ4v) is 2.45. The summed E-state index contributed by atoms with van der Waals surface area (Å²) in [7, 11) is 0. The topological polar surface area (TPSA) is 99.6 Å². The Bertz CT molecular complexity index is 962. The van der Waals surface area contributed by atoms with Gasteiger partial charge in [0, 0.05) is 11.1 Å². The zero-order chi connectivity index (χ0) is 19.2. The van der Waals surface area contributed by atoms with Crippen LogP contribution in [0.25, 0.3) is 11.3 Å². The first kappa shape index (κ1) is 18.2. The summed E-state index contributed by atoms with van der Waals surface area (Å²) in [4.78, 5) is 12.2. The average Bonchev–Trinajstić information content (AvgIpc) is 3.15. The number of rotatable bonds is 6. The zero-order valence-electron chi connectivity index (χ0n) is 15.1. The molecule has 1 aromatic heterocycles. The van der Waals surface area contributed by atoms with Crippen LogP contribution in [0.1, 0.15) is 28.5 Å². The van der Waals surface area contributed by atoms with Crippen molar-refractivity contribution in [1.82, 2.24) is 15.6 Å². The SMILES string of the molecule is CCOc1cccc(/C=N/NC(=O)c2cc(-c3ccc(C)cc3)n[nH]2)c1O. The van der Waals surface area contributed by atoms with E-state index >= 15 is 0 Å². The summed E-state index contributed by atoms with van der Waals surface area (Å²) in [5, 5.41) is 20.8. The molecule has 3 aromatic rings. The second kappa shape index (κ2) is 8.18. The minimum atomic E-state index is -0.433. The van der Waals surface area contributed by atoms with Crippen LogP contribution < -0.4 is 10.2 Å². The number of aryl methyl sites for hydroxylation is 1. The molecule has 1 amide bonds. The second-order valence-electron chi connectivity index (χ2n) is 5.86. The van der Waals surface area contributed by atoms with Crippen LogP contribution in [-0.4, -0.2) is 34.0 Å². The first-order chi connectivity index (χ1) is 13.1. The molecule has 2 aromatic carbocycles. The van der Waals surface area contributed by atoms with Gasteiger partial charge in [-0.3, -0.25) is 9.89 Å². The van der Waals surface area contributed by atoms with Crippen molar-refractivity contribution in [1.29, 1.82) is 0 Å². The van der Waals surface area contributed by atoms with E-state index in [-0.39, 0.29) is 11.4 Å². The maximum atomic E-state index is 12.2. The van der Waals surface area contributed by atoms with Gasteiger partial charge in [-0.1, -0.05) is 35.9 Å². The Morgan fingerprint density at radius 1 is 1.30 bits per heavy atom. The number of H-pyrrole nitrogens is 1. The predicted molar refractivity (Wildman–Crippen MR) is 103 cm³/mol. The molecular weight excluding hydrogens is 344 g/mol. The van der Waals surface area contributed by atoms with Gasteiger partial charge in [0.15, 0.2) is 11.5 Å². The lowest BCUT2D eigenvalue weighted by Crippen LogP contribution is -2.18. The molecular formula is C20H20N4O3. The van der Waals surface area contributed by atoms with Gasteiger partial charge in [0.25, 0.3) is 5.91 Å². The highest BCUT2D eigenvalue weighted by molar-refractivity contribution is 5.94. The Balaban J connectivity index is 1.67. The summed E-state index contributed by atoms with van der Waals surface area (Å²) < 4.78 is 5.31. The average molecular weight is 364 g/mol. The second-order valence-corrected chi connectivity index (χ2v) is 5.86. The molecule has 7 heteroatoms. The third-order valence-electron chi connectivity index (χ3n) is 3.87. The standard InChI is InChI=1S/C20H20N4O3/c1-3-27-18-6-4-5-15(19(18)25)12-21-24-20(26)17-11-16(22-23-17)14-9-7-13(2)8-10-14/h4-12,25H,3H2,1-2H3,(H,22,23)(H,24,26)/b21-12+. The number of phenols is 1. The van der Waals surface area contributed by atoms with Gasteiger partial charge in [-0.15, -0.1) is 0 Å². The van der Waals surface area contributed by atoms with Gasteiger partial charge < -0.3 is 9.84 Å². The quantitative estimate of drug-likeness (QED) is 0.462. The Morgan fingerprint density at radius 3 is 2.81 bits per heavy atom. The van der Waals surface area contributed by atoms with E-state index in [9.17, 15) is 9.90 Å². The van der Waals surface area contributed by atoms with E-state index in [1.54, 1.807) is 24.3 Å². The number of nitrogens with zero attached hydrogens (tertiary/aromatic N) is 2. The highest BCUT2D eigenvalue weighted by Crippen LogP contribution is 2.28. The summed E-state index contributed by atoms with van der Waals surface area (Å²) in [5.74, 6) is -0.0952. The summed E-state index contributed by atoms with van der Waals surface area (Å²) in [5.41, 5.74) is 5.87. The number of carbonyl (C=O) groups is 1. The minimum absolute atomic E-state index is 0.0273. The minimum Gasteiger partial charge on any atom is -0.504 e. The molecule has 3 N–H and O–H groups in total. The molecule has 7 nitrogen and oxygen atoms in total. The van der Waals surface area contributed by atoms with Gasteiger partial charge in [0.05, 0.1) is 18.5 Å². The molecule has 27 heavy (non-hydrogen) atoms. The third-order valence-corrected chi connectivity index (χ3v) is 3.87. The fraction of sp³-hybridized carbons (Fsp3) is 0.150. The third kappa shape index (κ3) is 4.33. The Hall–Kier alpha value is -3.61. The maximum Gasteiger partial charge on any atom is 0.289 e. The molecule has 0 spiro atoms. The van der Waals surface area contributed by atoms with Gasteiger partial charge >= 0.3 is 0 Å². The number of nitrogens with one attached hydrogen (secondary N) is 2. The van der Waals surface area contributed by atoms with Crippen LogP contribution >= 0.6 is 0 Å². The van der Waals surface area contributed by atoms with Crippen LogP contribution in [0.2, 0.25) is 0 Å². The van der Waals surface area contributed by atoms with Crippen molar-refractivity contribution in [3.8, 4) is 22.8 Å². The van der Waals surface area contributed by atoms with Crippen molar-refractivity contribution in [2.45, 2.75) is 13.8 Å². The van der Waals surface area contributed by atoms with E-state index < -0.39 is 5.91 Å². The number of ether oxygens (including phenoxy) is 1. The highest BCUT2D eigenvalue weighted by Gasteiger charge is 2.11. The van der Waals surface area contributed by atoms with Gasteiger partial charge in [0.1, 0.15) is 5.69 Å². The molecule has 3 rings (SSSR count). The molecule has 138 valence electrons. The monoisotopic (exact) mass is 364 g/mol. The lowest BCUT2D eigenvalue weighted by Gasteiger charge is -2.07. The van der Waals surface area contributed by atoms with Crippen molar-refractivity contribution in [2.75, 3.05) is 6.61 Å². The molecule has 0 saturated carbocycles. The molecule has 0 aliphatic rings. The highest BCUT2D eigenvalue weighted by atomic mass is 16.5. The zero-order valence-corrected chi connectivity index (χ0v) is 15.1. The number of phenolic OH excluding ortho intramolecular Hbond substituents is 1. The number of benzene rings is 2. The number of aromatic amines is 1. The number of hydrazone groups is 1. The van der Waals surface area contributed by atoms with Crippen molar-refractivity contribution in [2.24, 2.45) is 5.10 Å². The predicted octanol–water partition coefficient (Wildman–Crippen LogP) is 3.25. The maximum absolute atomic E-state index is 12.2. The van der Waals surface area contributed by atoms with Gasteiger partial charge in [-0.05, 0) is 32.0 Å². The number of amides is 1. The Labute approximate surface area is 156 Å². The van der Waals surface area contributed by atoms with Crippen LogP contribution in [0.4, 0.5) is 0 Å². The normalized spacial score (nSPS) is 10.9. The first-order valence-electron chi connectivity index (χ1n) is 8.49. The molecule has 0 aliphatic carbocycles. The molecule has 1 heterocycles. The van der Waals surface area contributed by atoms with E-state index in [1.165, 1.54) is 6.21 Å². The first-order valence-corrected chi connectivity index (χ1v) is 8.49. The van der Waals surface area contributed by atoms with E-state index in [1.807, 2.05) is 38.1 Å². The van der Waals surface area contributed by atoms with E-state index in [4.69, 9.17) is 4.74 Å². The molecule has 0 atom stereocenters. The van der Waals surface area contributed by atoms with Gasteiger partial charge in [-0.2, -0.15) is 10.2 Å². The number of carbonyl (C=O) groups excluding carboxylic acids is 1. The number of hydrogen-bond acceptors (Lipinski definition) is 5. The number of aromatic nitrogens is 2. The van der Waals surface area contributed by atoms with Crippen molar-refractivity contribution >= 4 is 12.1 Å². The molecule has 0 aliphatic heterocycles. The fourth-order valence-electron chi connectivity index (χ4n) is 2.45. The van der Waals surface area contributed by atoms with Crippen LogP contribution in [0.3, 0.4) is 0 Å². The molecule has 0 bridgehead atoms. The van der Waals surface area contributed by atoms with E-state index in [2.05, 4.69) is 20.7 Å². The Morgan fingerprint density at radius 2 is 2.07 bits per heavy atom. The van der Waals surface area contributed by atoms with Crippen LogP contribution in [-0.2, 0) is 0 Å². The summed E-state index contributed by atoms with van der Waals surface area (Å²) in [6.45, 7) is 4.27. The van der Waals surface area contributed by atoms with E-state index in [0.717, 1.165) is 11.1 Å².